The number of hydrogen-bond donors (Lipinski definition) is 1. The molecule has 1 aliphatic carbocycles. The van der Waals surface area contributed by atoms with Crippen molar-refractivity contribution in [3.8, 4) is 0 Å². The Morgan fingerprint density at radius 1 is 1.22 bits per heavy atom. The molecular formula is C15H31N3. The molecule has 3 heteroatoms. The van der Waals surface area contributed by atoms with E-state index in [1.165, 1.54) is 51.7 Å². The van der Waals surface area contributed by atoms with Gasteiger partial charge < -0.3 is 15.5 Å². The highest BCUT2D eigenvalue weighted by Gasteiger charge is 2.36. The van der Waals surface area contributed by atoms with Crippen molar-refractivity contribution in [1.29, 1.82) is 0 Å². The van der Waals surface area contributed by atoms with Crippen LogP contribution in [0.5, 0.6) is 0 Å². The van der Waals surface area contributed by atoms with E-state index in [2.05, 4.69) is 30.8 Å². The van der Waals surface area contributed by atoms with Crippen LogP contribution < -0.4 is 5.73 Å². The summed E-state index contributed by atoms with van der Waals surface area (Å²) in [4.78, 5) is 5.03. The Kier molecular flexibility index (Phi) is 4.68. The van der Waals surface area contributed by atoms with Gasteiger partial charge in [0.25, 0.3) is 0 Å². The van der Waals surface area contributed by atoms with Gasteiger partial charge in [0.05, 0.1) is 0 Å². The maximum atomic E-state index is 6.12. The molecular weight excluding hydrogens is 222 g/mol. The zero-order valence-electron chi connectivity index (χ0n) is 12.5. The molecule has 1 aliphatic heterocycles. The third kappa shape index (κ3) is 3.25. The minimum atomic E-state index is 0.424. The zero-order chi connectivity index (χ0) is 13.2. The summed E-state index contributed by atoms with van der Waals surface area (Å²) < 4.78 is 0. The van der Waals surface area contributed by atoms with Gasteiger partial charge in [-0.3, -0.25) is 0 Å². The second kappa shape index (κ2) is 5.89. The van der Waals surface area contributed by atoms with Crippen LogP contribution in [0.25, 0.3) is 0 Å². The van der Waals surface area contributed by atoms with Crippen LogP contribution in [0.2, 0.25) is 0 Å². The monoisotopic (exact) mass is 253 g/mol. The average molecular weight is 253 g/mol. The number of likely N-dealkylation sites (tertiary alicyclic amines) is 1. The number of likely N-dealkylation sites (N-methyl/N-ethyl adjacent to an activating group) is 1. The summed E-state index contributed by atoms with van der Waals surface area (Å²) in [7, 11) is 4.41. The molecule has 106 valence electrons. The van der Waals surface area contributed by atoms with Crippen molar-refractivity contribution in [2.45, 2.75) is 45.1 Å². The van der Waals surface area contributed by atoms with Gasteiger partial charge in [-0.15, -0.1) is 0 Å². The molecule has 1 saturated carbocycles. The normalized spacial score (nSPS) is 38.5. The summed E-state index contributed by atoms with van der Waals surface area (Å²) in [6.45, 7) is 7.01. The standard InChI is InChI=1S/C15H31N3/c1-13-4-7-15(11-16,8-5-13)12-18-9-6-14(10-18)17(2)3/h13-14H,4-12,16H2,1-3H3. The maximum absolute atomic E-state index is 6.12. The minimum absolute atomic E-state index is 0.424. The molecule has 18 heavy (non-hydrogen) atoms. The van der Waals surface area contributed by atoms with Gasteiger partial charge in [0.15, 0.2) is 0 Å². The molecule has 1 saturated heterocycles. The average Bonchev–Trinajstić information content (AvgIpc) is 2.81. The summed E-state index contributed by atoms with van der Waals surface area (Å²) in [6.07, 6.45) is 6.76. The van der Waals surface area contributed by atoms with Crippen LogP contribution in [-0.4, -0.2) is 56.1 Å². The van der Waals surface area contributed by atoms with E-state index in [9.17, 15) is 0 Å². The van der Waals surface area contributed by atoms with Crippen molar-refractivity contribution in [3.63, 3.8) is 0 Å². The Balaban J connectivity index is 1.87. The lowest BCUT2D eigenvalue weighted by molar-refractivity contribution is 0.104. The molecule has 2 rings (SSSR count). The first-order valence-corrected chi connectivity index (χ1v) is 7.63. The second-order valence-corrected chi connectivity index (χ2v) is 7.03. The Bertz CT molecular complexity index is 256. The fourth-order valence-corrected chi connectivity index (χ4v) is 3.65. The Morgan fingerprint density at radius 2 is 1.89 bits per heavy atom. The van der Waals surface area contributed by atoms with Crippen molar-refractivity contribution < 1.29 is 0 Å². The third-order valence-corrected chi connectivity index (χ3v) is 5.30. The highest BCUT2D eigenvalue weighted by atomic mass is 15.2. The summed E-state index contributed by atoms with van der Waals surface area (Å²) in [5, 5.41) is 0. The van der Waals surface area contributed by atoms with Gasteiger partial charge in [0.1, 0.15) is 0 Å². The van der Waals surface area contributed by atoms with Gasteiger partial charge in [0.2, 0.25) is 0 Å². The van der Waals surface area contributed by atoms with Crippen molar-refractivity contribution in [2.24, 2.45) is 17.1 Å². The molecule has 1 atom stereocenters. The summed E-state index contributed by atoms with van der Waals surface area (Å²) >= 11 is 0. The molecule has 2 aliphatic rings. The van der Waals surface area contributed by atoms with Crippen LogP contribution in [0.1, 0.15) is 39.0 Å². The van der Waals surface area contributed by atoms with Crippen molar-refractivity contribution in [2.75, 3.05) is 40.3 Å². The summed E-state index contributed by atoms with van der Waals surface area (Å²) in [5.41, 5.74) is 6.54. The van der Waals surface area contributed by atoms with Crippen LogP contribution in [0.3, 0.4) is 0 Å². The Labute approximate surface area is 113 Å². The Hall–Kier alpha value is -0.120. The quantitative estimate of drug-likeness (QED) is 0.829. The smallest absolute Gasteiger partial charge is 0.0229 e. The van der Waals surface area contributed by atoms with E-state index in [1.54, 1.807) is 0 Å². The lowest BCUT2D eigenvalue weighted by Crippen LogP contribution is -2.44. The van der Waals surface area contributed by atoms with E-state index in [4.69, 9.17) is 5.73 Å². The summed E-state index contributed by atoms with van der Waals surface area (Å²) in [5.74, 6) is 0.915. The molecule has 2 N–H and O–H groups in total. The lowest BCUT2D eigenvalue weighted by Gasteiger charge is -2.41. The van der Waals surface area contributed by atoms with Crippen LogP contribution in [0, 0.1) is 11.3 Å². The molecule has 0 aromatic carbocycles. The van der Waals surface area contributed by atoms with Crippen molar-refractivity contribution in [1.82, 2.24) is 9.80 Å². The highest BCUT2D eigenvalue weighted by Crippen LogP contribution is 2.39. The second-order valence-electron chi connectivity index (χ2n) is 7.03. The minimum Gasteiger partial charge on any atom is -0.330 e. The molecule has 0 aromatic rings. The van der Waals surface area contributed by atoms with E-state index < -0.39 is 0 Å². The third-order valence-electron chi connectivity index (χ3n) is 5.30. The fraction of sp³-hybridized carbons (Fsp3) is 1.00. The van der Waals surface area contributed by atoms with Gasteiger partial charge in [0, 0.05) is 19.1 Å². The van der Waals surface area contributed by atoms with Gasteiger partial charge in [-0.1, -0.05) is 19.8 Å². The number of nitrogens with zero attached hydrogens (tertiary/aromatic N) is 2. The predicted molar refractivity (Wildman–Crippen MR) is 77.7 cm³/mol. The maximum Gasteiger partial charge on any atom is 0.0229 e. The van der Waals surface area contributed by atoms with Crippen LogP contribution in [-0.2, 0) is 0 Å². The molecule has 1 heterocycles. The molecule has 1 unspecified atom stereocenters. The molecule has 0 spiro atoms. The molecule has 3 nitrogen and oxygen atoms in total. The first-order valence-electron chi connectivity index (χ1n) is 7.63. The highest BCUT2D eigenvalue weighted by molar-refractivity contribution is 4.91. The van der Waals surface area contributed by atoms with E-state index in [-0.39, 0.29) is 0 Å². The van der Waals surface area contributed by atoms with E-state index in [0.29, 0.717) is 5.41 Å². The van der Waals surface area contributed by atoms with Gasteiger partial charge >= 0.3 is 0 Å². The molecule has 0 radical (unpaired) electrons. The van der Waals surface area contributed by atoms with Crippen molar-refractivity contribution >= 4 is 0 Å². The summed E-state index contributed by atoms with van der Waals surface area (Å²) in [6, 6.07) is 0.752. The topological polar surface area (TPSA) is 32.5 Å². The zero-order valence-corrected chi connectivity index (χ0v) is 12.5. The lowest BCUT2D eigenvalue weighted by atomic mass is 9.70. The molecule has 0 amide bonds. The van der Waals surface area contributed by atoms with E-state index in [0.717, 1.165) is 18.5 Å². The van der Waals surface area contributed by atoms with Crippen LogP contribution >= 0.6 is 0 Å². The molecule has 0 aromatic heterocycles. The number of hydrogen-bond acceptors (Lipinski definition) is 3. The predicted octanol–water partition coefficient (Wildman–Crippen LogP) is 1.78. The van der Waals surface area contributed by atoms with E-state index in [1.807, 2.05) is 0 Å². The first kappa shape index (κ1) is 14.3. The molecule has 2 fully saturated rings. The van der Waals surface area contributed by atoms with Gasteiger partial charge in [-0.05, 0) is 57.8 Å². The van der Waals surface area contributed by atoms with E-state index >= 15 is 0 Å². The van der Waals surface area contributed by atoms with Crippen LogP contribution in [0.4, 0.5) is 0 Å². The largest absolute Gasteiger partial charge is 0.330 e. The SMILES string of the molecule is CC1CCC(CN)(CN2CCC(N(C)C)C2)CC1. The van der Waals surface area contributed by atoms with Gasteiger partial charge in [-0.2, -0.15) is 0 Å². The van der Waals surface area contributed by atoms with Crippen molar-refractivity contribution in [3.05, 3.63) is 0 Å². The van der Waals surface area contributed by atoms with Crippen LogP contribution in [0.15, 0.2) is 0 Å². The number of nitrogens with two attached hydrogens (primary N) is 1. The fourth-order valence-electron chi connectivity index (χ4n) is 3.65. The molecule has 0 bridgehead atoms. The Morgan fingerprint density at radius 3 is 2.39 bits per heavy atom. The van der Waals surface area contributed by atoms with Gasteiger partial charge in [-0.25, -0.2) is 0 Å². The number of rotatable bonds is 4. The first-order chi connectivity index (χ1) is 8.54.